The third-order valence-corrected chi connectivity index (χ3v) is 5.62. The zero-order chi connectivity index (χ0) is 18.3. The summed E-state index contributed by atoms with van der Waals surface area (Å²) < 4.78 is 11.1. The van der Waals surface area contributed by atoms with Crippen molar-refractivity contribution in [2.45, 2.75) is 18.1 Å². The quantitative estimate of drug-likeness (QED) is 0.607. The summed E-state index contributed by atoms with van der Waals surface area (Å²) in [5, 5.41) is 3.53. The van der Waals surface area contributed by atoms with Crippen molar-refractivity contribution in [1.29, 1.82) is 0 Å². The number of nitrogens with one attached hydrogen (secondary N) is 1. The Kier molecular flexibility index (Phi) is 4.50. The first-order chi connectivity index (χ1) is 12.6. The maximum absolute atomic E-state index is 13.1. The van der Waals surface area contributed by atoms with E-state index in [0.717, 1.165) is 12.1 Å². The molecule has 1 N–H and O–H groups in total. The lowest BCUT2D eigenvalue weighted by Gasteiger charge is -2.23. The highest BCUT2D eigenvalue weighted by molar-refractivity contribution is 6.30. The molecule has 6 nitrogen and oxygen atoms in total. The number of carbonyl (C=O) groups is 2. The number of methoxy groups -OCH3 is 1. The third kappa shape index (κ3) is 2.73. The Bertz CT molecular complexity index is 750. The van der Waals surface area contributed by atoms with Crippen LogP contribution < -0.4 is 10.2 Å². The number of halogens is 1. The van der Waals surface area contributed by atoms with Crippen LogP contribution in [0.15, 0.2) is 36.4 Å². The van der Waals surface area contributed by atoms with E-state index < -0.39 is 17.4 Å². The van der Waals surface area contributed by atoms with E-state index in [1.54, 1.807) is 24.1 Å². The number of benzene rings is 1. The Balaban J connectivity index is 1.53. The lowest BCUT2D eigenvalue weighted by molar-refractivity contribution is -0.131. The number of amides is 2. The van der Waals surface area contributed by atoms with Gasteiger partial charge in [-0.1, -0.05) is 23.8 Å². The fraction of sp³-hybridized carbons (Fsp3) is 0.474. The summed E-state index contributed by atoms with van der Waals surface area (Å²) in [5.74, 6) is -1.19. The summed E-state index contributed by atoms with van der Waals surface area (Å²) in [4.78, 5) is 27.5. The second-order valence-corrected chi connectivity index (χ2v) is 7.37. The maximum Gasteiger partial charge on any atom is 0.234 e. The highest BCUT2D eigenvalue weighted by Gasteiger charge is 2.66. The average molecular weight is 377 g/mol. The first-order valence-corrected chi connectivity index (χ1v) is 9.14. The largest absolute Gasteiger partial charge is 0.385 e. The van der Waals surface area contributed by atoms with Gasteiger partial charge < -0.3 is 19.7 Å². The van der Waals surface area contributed by atoms with Crippen molar-refractivity contribution in [2.24, 2.45) is 11.8 Å². The third-order valence-electron chi connectivity index (χ3n) is 5.37. The molecule has 0 unspecified atom stereocenters. The number of anilines is 1. The molecule has 26 heavy (non-hydrogen) atoms. The van der Waals surface area contributed by atoms with Crippen molar-refractivity contribution >= 4 is 29.1 Å². The SMILES string of the molecule is COCCCNC(=O)[C@@H]1[C@@H]2C=C[C@]3(CN(c4ccc(Cl)cc4)C(=O)[C@H]13)O2. The fourth-order valence-corrected chi connectivity index (χ4v) is 4.31. The number of hydrogen-bond acceptors (Lipinski definition) is 4. The average Bonchev–Trinajstić information content (AvgIpc) is 3.28. The van der Waals surface area contributed by atoms with Crippen molar-refractivity contribution in [1.82, 2.24) is 5.32 Å². The smallest absolute Gasteiger partial charge is 0.234 e. The molecule has 1 spiro atoms. The molecule has 0 saturated carbocycles. The van der Waals surface area contributed by atoms with Crippen LogP contribution in [0.1, 0.15) is 6.42 Å². The molecular weight excluding hydrogens is 356 g/mol. The Morgan fingerprint density at radius 3 is 2.92 bits per heavy atom. The van der Waals surface area contributed by atoms with Gasteiger partial charge in [-0.15, -0.1) is 0 Å². The van der Waals surface area contributed by atoms with E-state index >= 15 is 0 Å². The van der Waals surface area contributed by atoms with E-state index in [-0.39, 0.29) is 17.9 Å². The Morgan fingerprint density at radius 1 is 1.42 bits per heavy atom. The van der Waals surface area contributed by atoms with Gasteiger partial charge in [0.2, 0.25) is 11.8 Å². The number of nitrogens with zero attached hydrogens (tertiary/aromatic N) is 1. The summed E-state index contributed by atoms with van der Waals surface area (Å²) in [7, 11) is 1.63. The molecule has 2 amide bonds. The number of fused-ring (bicyclic) bond motifs is 1. The van der Waals surface area contributed by atoms with Gasteiger partial charge in [0, 0.05) is 31.0 Å². The van der Waals surface area contributed by atoms with Gasteiger partial charge in [-0.2, -0.15) is 0 Å². The highest BCUT2D eigenvalue weighted by Crippen LogP contribution is 2.52. The van der Waals surface area contributed by atoms with E-state index in [1.165, 1.54) is 0 Å². The van der Waals surface area contributed by atoms with Crippen molar-refractivity contribution in [3.8, 4) is 0 Å². The summed E-state index contributed by atoms with van der Waals surface area (Å²) in [6.45, 7) is 1.52. The topological polar surface area (TPSA) is 67.9 Å². The first-order valence-electron chi connectivity index (χ1n) is 8.76. The monoisotopic (exact) mass is 376 g/mol. The summed E-state index contributed by atoms with van der Waals surface area (Å²) in [6, 6.07) is 7.13. The molecule has 1 aromatic rings. The van der Waals surface area contributed by atoms with Crippen LogP contribution in [0.4, 0.5) is 5.69 Å². The van der Waals surface area contributed by atoms with Crippen LogP contribution in [-0.2, 0) is 19.1 Å². The van der Waals surface area contributed by atoms with E-state index in [9.17, 15) is 9.59 Å². The van der Waals surface area contributed by atoms with Crippen LogP contribution in [0.5, 0.6) is 0 Å². The molecule has 3 heterocycles. The van der Waals surface area contributed by atoms with Crippen molar-refractivity contribution in [2.75, 3.05) is 31.7 Å². The van der Waals surface area contributed by atoms with Gasteiger partial charge in [-0.25, -0.2) is 0 Å². The molecule has 138 valence electrons. The first kappa shape index (κ1) is 17.5. The van der Waals surface area contributed by atoms with Gasteiger partial charge in [-0.3, -0.25) is 9.59 Å². The van der Waals surface area contributed by atoms with Crippen LogP contribution in [0.2, 0.25) is 5.02 Å². The highest BCUT2D eigenvalue weighted by atomic mass is 35.5. The zero-order valence-electron chi connectivity index (χ0n) is 14.5. The molecule has 0 aromatic heterocycles. The van der Waals surface area contributed by atoms with Crippen LogP contribution in [-0.4, -0.2) is 50.3 Å². The number of ether oxygens (including phenoxy) is 2. The van der Waals surface area contributed by atoms with E-state index in [1.807, 2.05) is 24.3 Å². The van der Waals surface area contributed by atoms with E-state index in [0.29, 0.717) is 24.7 Å². The summed E-state index contributed by atoms with van der Waals surface area (Å²) in [6.07, 6.45) is 4.26. The Labute approximate surface area is 157 Å². The van der Waals surface area contributed by atoms with E-state index in [2.05, 4.69) is 5.32 Å². The summed E-state index contributed by atoms with van der Waals surface area (Å²) >= 11 is 5.95. The van der Waals surface area contributed by atoms with Gasteiger partial charge in [0.1, 0.15) is 5.60 Å². The predicted molar refractivity (Wildman–Crippen MR) is 97.0 cm³/mol. The molecule has 1 aromatic carbocycles. The van der Waals surface area contributed by atoms with E-state index in [4.69, 9.17) is 21.1 Å². The molecule has 0 aliphatic carbocycles. The predicted octanol–water partition coefficient (Wildman–Crippen LogP) is 1.78. The molecule has 7 heteroatoms. The minimum Gasteiger partial charge on any atom is -0.385 e. The standard InChI is InChI=1S/C19H21ClN2O4/c1-25-10-2-9-21-17(23)15-14-7-8-19(26-14)11-22(18(24)16(15)19)13-5-3-12(20)4-6-13/h3-8,14-16H,2,9-11H2,1H3,(H,21,23)/t14-,15+,16-,19+/m0/s1. The van der Waals surface area contributed by atoms with Crippen LogP contribution >= 0.6 is 11.6 Å². The molecule has 2 saturated heterocycles. The number of rotatable bonds is 6. The van der Waals surface area contributed by atoms with Crippen molar-refractivity contribution in [3.05, 3.63) is 41.4 Å². The zero-order valence-corrected chi connectivity index (χ0v) is 15.2. The molecule has 4 atom stereocenters. The lowest BCUT2D eigenvalue weighted by atomic mass is 9.77. The molecule has 0 radical (unpaired) electrons. The van der Waals surface area contributed by atoms with Gasteiger partial charge in [0.25, 0.3) is 0 Å². The Morgan fingerprint density at radius 2 is 2.19 bits per heavy atom. The van der Waals surface area contributed by atoms with Gasteiger partial charge >= 0.3 is 0 Å². The van der Waals surface area contributed by atoms with Crippen molar-refractivity contribution < 1.29 is 19.1 Å². The molecule has 2 fully saturated rings. The van der Waals surface area contributed by atoms with Gasteiger partial charge in [0.15, 0.2) is 0 Å². The minimum absolute atomic E-state index is 0.0730. The molecular formula is C19H21ClN2O4. The molecule has 3 aliphatic heterocycles. The molecule has 4 rings (SSSR count). The van der Waals surface area contributed by atoms with Gasteiger partial charge in [-0.05, 0) is 30.7 Å². The Hall–Kier alpha value is -1.89. The van der Waals surface area contributed by atoms with Crippen LogP contribution in [0.3, 0.4) is 0 Å². The molecule has 2 bridgehead atoms. The van der Waals surface area contributed by atoms with Crippen LogP contribution in [0, 0.1) is 11.8 Å². The lowest BCUT2D eigenvalue weighted by Crippen LogP contribution is -2.44. The minimum atomic E-state index is -0.712. The maximum atomic E-state index is 13.1. The normalized spacial score (nSPS) is 31.5. The van der Waals surface area contributed by atoms with Crippen LogP contribution in [0.25, 0.3) is 0 Å². The van der Waals surface area contributed by atoms with Gasteiger partial charge in [0.05, 0.1) is 24.5 Å². The number of hydrogen-bond donors (Lipinski definition) is 1. The second-order valence-electron chi connectivity index (χ2n) is 6.94. The summed E-state index contributed by atoms with van der Waals surface area (Å²) in [5.41, 5.74) is 0.0542. The van der Waals surface area contributed by atoms with Crippen molar-refractivity contribution in [3.63, 3.8) is 0 Å². The molecule has 3 aliphatic rings. The number of carbonyl (C=O) groups excluding carboxylic acids is 2. The fourth-order valence-electron chi connectivity index (χ4n) is 4.18. The second kappa shape index (κ2) is 6.68.